The molecule has 0 unspecified atom stereocenters. The van der Waals surface area contributed by atoms with Gasteiger partial charge in [-0.2, -0.15) is 4.31 Å². The van der Waals surface area contributed by atoms with Crippen LogP contribution in [0.4, 0.5) is 5.69 Å². The highest BCUT2D eigenvalue weighted by molar-refractivity contribution is 7.89. The first kappa shape index (κ1) is 20.0. The number of non-ortho nitro benzene ring substituents is 1. The molecular weight excluding hydrogens is 396 g/mol. The van der Waals surface area contributed by atoms with E-state index in [1.165, 1.54) is 22.0 Å². The maximum absolute atomic E-state index is 13.1. The molecule has 0 bridgehead atoms. The summed E-state index contributed by atoms with van der Waals surface area (Å²) in [6.45, 7) is 4.14. The molecule has 0 N–H and O–H groups in total. The van der Waals surface area contributed by atoms with E-state index in [2.05, 4.69) is 10.1 Å². The zero-order valence-electron chi connectivity index (χ0n) is 16.3. The predicted molar refractivity (Wildman–Crippen MR) is 105 cm³/mol. The quantitative estimate of drug-likeness (QED) is 0.539. The minimum Gasteiger partial charge on any atom is -0.361 e. The van der Waals surface area contributed by atoms with Crippen LogP contribution >= 0.6 is 0 Å². The second-order valence-corrected chi connectivity index (χ2v) is 9.53. The summed E-state index contributed by atoms with van der Waals surface area (Å²) in [4.78, 5) is 12.7. The van der Waals surface area contributed by atoms with Gasteiger partial charge in [-0.3, -0.25) is 15.0 Å². The van der Waals surface area contributed by atoms with Crippen LogP contribution in [0.1, 0.15) is 35.4 Å². The standard InChI is InChI=1S/C19H24N4O5S/c1-14-6-7-15(23(24)25)12-19(14)29(26,27)22-10-8-21(9-11-22)13-17-16-4-2-3-5-18(16)28-20-17/h6-7,12H,2-5,8-11,13H2,1H3. The van der Waals surface area contributed by atoms with E-state index in [0.29, 0.717) is 38.3 Å². The summed E-state index contributed by atoms with van der Waals surface area (Å²) in [7, 11) is -3.78. The van der Waals surface area contributed by atoms with Crippen LogP contribution in [-0.2, 0) is 29.4 Å². The van der Waals surface area contributed by atoms with Crippen molar-refractivity contribution in [3.63, 3.8) is 0 Å². The number of hydrogen-bond acceptors (Lipinski definition) is 7. The van der Waals surface area contributed by atoms with Gasteiger partial charge in [-0.25, -0.2) is 8.42 Å². The monoisotopic (exact) mass is 420 g/mol. The van der Waals surface area contributed by atoms with E-state index < -0.39 is 14.9 Å². The number of nitrogens with zero attached hydrogens (tertiary/aromatic N) is 4. The van der Waals surface area contributed by atoms with Gasteiger partial charge in [0.2, 0.25) is 10.0 Å². The Morgan fingerprint density at radius 3 is 2.62 bits per heavy atom. The Kier molecular flexibility index (Phi) is 5.41. The van der Waals surface area contributed by atoms with Crippen molar-refractivity contribution < 1.29 is 17.9 Å². The Labute approximate surface area is 169 Å². The van der Waals surface area contributed by atoms with Crippen LogP contribution in [0.2, 0.25) is 0 Å². The van der Waals surface area contributed by atoms with Crippen LogP contribution in [-0.4, -0.2) is 53.9 Å². The van der Waals surface area contributed by atoms with Gasteiger partial charge in [0.1, 0.15) is 11.5 Å². The van der Waals surface area contributed by atoms with Crippen molar-refractivity contribution in [2.45, 2.75) is 44.0 Å². The van der Waals surface area contributed by atoms with Crippen molar-refractivity contribution in [2.75, 3.05) is 26.2 Å². The molecule has 2 heterocycles. The number of rotatable bonds is 5. The molecule has 0 radical (unpaired) electrons. The minimum atomic E-state index is -3.78. The van der Waals surface area contributed by atoms with Gasteiger partial charge in [0.05, 0.1) is 9.82 Å². The molecule has 1 aliphatic carbocycles. The highest BCUT2D eigenvalue weighted by atomic mass is 32.2. The highest BCUT2D eigenvalue weighted by Gasteiger charge is 2.31. The maximum Gasteiger partial charge on any atom is 0.270 e. The molecule has 1 aromatic carbocycles. The molecule has 2 aromatic rings. The summed E-state index contributed by atoms with van der Waals surface area (Å²) >= 11 is 0. The third kappa shape index (κ3) is 3.92. The molecule has 10 heteroatoms. The molecule has 0 spiro atoms. The Bertz CT molecular complexity index is 1030. The lowest BCUT2D eigenvalue weighted by atomic mass is 9.96. The number of hydrogen-bond donors (Lipinski definition) is 0. The molecule has 0 amide bonds. The highest BCUT2D eigenvalue weighted by Crippen LogP contribution is 2.27. The third-order valence-corrected chi connectivity index (χ3v) is 7.78. The summed E-state index contributed by atoms with van der Waals surface area (Å²) in [5.41, 5.74) is 2.47. The van der Waals surface area contributed by atoms with Gasteiger partial charge in [0, 0.05) is 56.8 Å². The van der Waals surface area contributed by atoms with Gasteiger partial charge in [0.15, 0.2) is 0 Å². The van der Waals surface area contributed by atoms with Gasteiger partial charge < -0.3 is 4.52 Å². The Balaban J connectivity index is 1.45. The van der Waals surface area contributed by atoms with Crippen molar-refractivity contribution in [3.05, 3.63) is 50.9 Å². The molecule has 0 saturated carbocycles. The fraction of sp³-hybridized carbons (Fsp3) is 0.526. The van der Waals surface area contributed by atoms with Crippen LogP contribution in [0, 0.1) is 17.0 Å². The number of nitro benzene ring substituents is 1. The lowest BCUT2D eigenvalue weighted by Gasteiger charge is -2.33. The lowest BCUT2D eigenvalue weighted by Crippen LogP contribution is -2.48. The largest absolute Gasteiger partial charge is 0.361 e. The maximum atomic E-state index is 13.1. The summed E-state index contributed by atoms with van der Waals surface area (Å²) in [6, 6.07) is 3.96. The molecule has 1 aromatic heterocycles. The van der Waals surface area contributed by atoms with Gasteiger partial charge in [-0.15, -0.1) is 0 Å². The van der Waals surface area contributed by atoms with E-state index >= 15 is 0 Å². The topological polar surface area (TPSA) is 110 Å². The molecule has 9 nitrogen and oxygen atoms in total. The van der Waals surface area contributed by atoms with E-state index in [1.807, 2.05) is 0 Å². The van der Waals surface area contributed by atoms with Crippen molar-refractivity contribution in [1.29, 1.82) is 0 Å². The molecule has 4 rings (SSSR count). The zero-order valence-corrected chi connectivity index (χ0v) is 17.2. The zero-order chi connectivity index (χ0) is 20.6. The Hall–Kier alpha value is -2.30. The second-order valence-electron chi connectivity index (χ2n) is 7.63. The number of sulfonamides is 1. The first-order valence-corrected chi connectivity index (χ1v) is 11.2. The van der Waals surface area contributed by atoms with Gasteiger partial charge in [0.25, 0.3) is 5.69 Å². The number of aryl methyl sites for hydroxylation is 2. The first-order chi connectivity index (χ1) is 13.9. The van der Waals surface area contributed by atoms with Crippen molar-refractivity contribution in [1.82, 2.24) is 14.4 Å². The van der Waals surface area contributed by atoms with Crippen LogP contribution < -0.4 is 0 Å². The molecule has 1 aliphatic heterocycles. The van der Waals surface area contributed by atoms with E-state index in [1.54, 1.807) is 6.92 Å². The van der Waals surface area contributed by atoms with E-state index in [9.17, 15) is 18.5 Å². The molecule has 1 saturated heterocycles. The van der Waals surface area contributed by atoms with Crippen LogP contribution in [0.3, 0.4) is 0 Å². The Morgan fingerprint density at radius 2 is 1.90 bits per heavy atom. The van der Waals surface area contributed by atoms with Crippen LogP contribution in [0.25, 0.3) is 0 Å². The van der Waals surface area contributed by atoms with Gasteiger partial charge in [-0.1, -0.05) is 11.2 Å². The Morgan fingerprint density at radius 1 is 1.17 bits per heavy atom. The molecule has 1 fully saturated rings. The van der Waals surface area contributed by atoms with Crippen molar-refractivity contribution >= 4 is 15.7 Å². The van der Waals surface area contributed by atoms with Crippen LogP contribution in [0.15, 0.2) is 27.6 Å². The normalized spacial score (nSPS) is 18.5. The molecule has 156 valence electrons. The smallest absolute Gasteiger partial charge is 0.270 e. The number of benzene rings is 1. The van der Waals surface area contributed by atoms with E-state index in [-0.39, 0.29) is 10.6 Å². The fourth-order valence-corrected chi connectivity index (χ4v) is 5.70. The number of nitro groups is 1. The van der Waals surface area contributed by atoms with Gasteiger partial charge >= 0.3 is 0 Å². The summed E-state index contributed by atoms with van der Waals surface area (Å²) in [5, 5.41) is 15.3. The van der Waals surface area contributed by atoms with Crippen molar-refractivity contribution in [2.24, 2.45) is 0 Å². The summed E-state index contributed by atoms with van der Waals surface area (Å²) in [5.74, 6) is 0.994. The number of aromatic nitrogens is 1. The average Bonchev–Trinajstić information content (AvgIpc) is 3.11. The molecule has 2 aliphatic rings. The number of fused-ring (bicyclic) bond motifs is 1. The van der Waals surface area contributed by atoms with Gasteiger partial charge in [-0.05, 0) is 31.7 Å². The lowest BCUT2D eigenvalue weighted by molar-refractivity contribution is -0.385. The summed E-state index contributed by atoms with van der Waals surface area (Å²) < 4.78 is 33.0. The molecular formula is C19H24N4O5S. The third-order valence-electron chi connectivity index (χ3n) is 5.74. The second kappa shape index (κ2) is 7.85. The molecule has 0 atom stereocenters. The molecule has 29 heavy (non-hydrogen) atoms. The van der Waals surface area contributed by atoms with E-state index in [0.717, 1.165) is 43.2 Å². The first-order valence-electron chi connectivity index (χ1n) is 9.80. The minimum absolute atomic E-state index is 0.00530. The van der Waals surface area contributed by atoms with Crippen LogP contribution in [0.5, 0.6) is 0 Å². The summed E-state index contributed by atoms with van der Waals surface area (Å²) in [6.07, 6.45) is 4.22. The van der Waals surface area contributed by atoms with E-state index in [4.69, 9.17) is 4.52 Å². The number of piperazine rings is 1. The predicted octanol–water partition coefficient (Wildman–Crippen LogP) is 2.28. The fourth-order valence-electron chi connectivity index (χ4n) is 4.03. The SMILES string of the molecule is Cc1ccc([N+](=O)[O-])cc1S(=O)(=O)N1CCN(Cc2noc3c2CCCC3)CC1. The van der Waals surface area contributed by atoms with Crippen molar-refractivity contribution in [3.8, 4) is 0 Å². The average molecular weight is 420 g/mol.